The van der Waals surface area contributed by atoms with Crippen molar-refractivity contribution in [3.8, 4) is 0 Å². The van der Waals surface area contributed by atoms with Crippen LogP contribution in [0.4, 0.5) is 0 Å². The van der Waals surface area contributed by atoms with Gasteiger partial charge in [-0.1, -0.05) is 30.3 Å². The minimum absolute atomic E-state index is 0.355. The van der Waals surface area contributed by atoms with Gasteiger partial charge in [-0.2, -0.15) is 0 Å². The zero-order chi connectivity index (χ0) is 16.1. The Morgan fingerprint density at radius 2 is 2.13 bits per heavy atom. The number of hydrogen-bond donors (Lipinski definition) is 1. The van der Waals surface area contributed by atoms with Crippen LogP contribution in [0, 0.1) is 0 Å². The minimum atomic E-state index is -0.355. The normalized spacial score (nSPS) is 16.3. The summed E-state index contributed by atoms with van der Waals surface area (Å²) in [5.74, 6) is 0. The van der Waals surface area contributed by atoms with Gasteiger partial charge in [-0.3, -0.25) is 9.80 Å². The molecule has 1 aromatic heterocycles. The molecule has 0 aliphatic carbocycles. The Labute approximate surface area is 137 Å². The third-order valence-corrected chi connectivity index (χ3v) is 4.24. The van der Waals surface area contributed by atoms with Crippen molar-refractivity contribution in [1.29, 1.82) is 0 Å². The van der Waals surface area contributed by atoms with Gasteiger partial charge in [0.15, 0.2) is 0 Å². The number of nitrogens with zero attached hydrogens (tertiary/aromatic N) is 4. The van der Waals surface area contributed by atoms with E-state index in [9.17, 15) is 5.11 Å². The number of likely N-dealkylation sites (N-methyl/N-ethyl adjacent to an activating group) is 1. The van der Waals surface area contributed by atoms with Gasteiger partial charge in [0.1, 0.15) is 6.33 Å². The molecule has 1 aliphatic heterocycles. The predicted octanol–water partition coefficient (Wildman–Crippen LogP) is 1.33. The van der Waals surface area contributed by atoms with Crippen LogP contribution in [0.2, 0.25) is 0 Å². The molecule has 0 fully saturated rings. The fourth-order valence-corrected chi connectivity index (χ4v) is 3.14. The second-order valence-electron chi connectivity index (χ2n) is 6.32. The van der Waals surface area contributed by atoms with Gasteiger partial charge in [-0.25, -0.2) is 9.97 Å². The Morgan fingerprint density at radius 3 is 2.96 bits per heavy atom. The number of β-amino-alcohol motifs (C(OH)–C–C–N with tert-alkyl or cyclic N) is 1. The van der Waals surface area contributed by atoms with Crippen LogP contribution in [-0.2, 0) is 19.5 Å². The molecule has 1 aromatic carbocycles. The monoisotopic (exact) mass is 312 g/mol. The van der Waals surface area contributed by atoms with E-state index in [1.807, 2.05) is 24.4 Å². The SMILES string of the molecule is CN(Cc1ccccc1)C[C@H](O)CN1CCc2cncnc2C1. The Kier molecular flexibility index (Phi) is 5.33. The molecule has 0 unspecified atom stereocenters. The summed E-state index contributed by atoms with van der Waals surface area (Å²) in [4.78, 5) is 12.9. The zero-order valence-electron chi connectivity index (χ0n) is 13.6. The van der Waals surface area contributed by atoms with Gasteiger partial charge in [0.2, 0.25) is 0 Å². The average Bonchev–Trinajstić information content (AvgIpc) is 2.55. The summed E-state index contributed by atoms with van der Waals surface area (Å²) in [5, 5.41) is 10.4. The van der Waals surface area contributed by atoms with Crippen molar-refractivity contribution in [3.63, 3.8) is 0 Å². The predicted molar refractivity (Wildman–Crippen MR) is 89.8 cm³/mol. The van der Waals surface area contributed by atoms with Gasteiger partial charge in [0.25, 0.3) is 0 Å². The molecule has 5 heteroatoms. The second-order valence-corrected chi connectivity index (χ2v) is 6.32. The van der Waals surface area contributed by atoms with Gasteiger partial charge >= 0.3 is 0 Å². The van der Waals surface area contributed by atoms with Crippen molar-refractivity contribution in [3.05, 3.63) is 59.7 Å². The highest BCUT2D eigenvalue weighted by molar-refractivity contribution is 5.18. The summed E-state index contributed by atoms with van der Waals surface area (Å²) < 4.78 is 0. The van der Waals surface area contributed by atoms with Gasteiger partial charge in [-0.05, 0) is 24.6 Å². The molecule has 2 heterocycles. The maximum atomic E-state index is 10.4. The molecule has 0 radical (unpaired) electrons. The highest BCUT2D eigenvalue weighted by Gasteiger charge is 2.20. The van der Waals surface area contributed by atoms with Crippen LogP contribution < -0.4 is 0 Å². The van der Waals surface area contributed by atoms with E-state index in [4.69, 9.17) is 0 Å². The first-order chi connectivity index (χ1) is 11.2. The third-order valence-electron chi connectivity index (χ3n) is 4.24. The molecular weight excluding hydrogens is 288 g/mol. The highest BCUT2D eigenvalue weighted by atomic mass is 16.3. The summed E-state index contributed by atoms with van der Waals surface area (Å²) in [6.07, 6.45) is 4.12. The van der Waals surface area contributed by atoms with Gasteiger partial charge in [0, 0.05) is 38.9 Å². The standard InChI is InChI=1S/C18H24N4O/c1-21(10-15-5-3-2-4-6-15)11-17(23)12-22-8-7-16-9-19-14-20-18(16)13-22/h2-6,9,14,17,23H,7-8,10-13H2,1H3/t17-/m0/s1. The van der Waals surface area contributed by atoms with Crippen molar-refractivity contribution in [2.24, 2.45) is 0 Å². The molecule has 0 spiro atoms. The zero-order valence-corrected chi connectivity index (χ0v) is 13.6. The van der Waals surface area contributed by atoms with Crippen LogP contribution in [-0.4, -0.2) is 57.7 Å². The maximum absolute atomic E-state index is 10.4. The molecule has 1 atom stereocenters. The topological polar surface area (TPSA) is 52.5 Å². The van der Waals surface area contributed by atoms with Crippen molar-refractivity contribution >= 4 is 0 Å². The van der Waals surface area contributed by atoms with Gasteiger partial charge in [0.05, 0.1) is 11.8 Å². The molecule has 5 nitrogen and oxygen atoms in total. The van der Waals surface area contributed by atoms with Crippen LogP contribution in [0.1, 0.15) is 16.8 Å². The Bertz CT molecular complexity index is 619. The Morgan fingerprint density at radius 1 is 1.30 bits per heavy atom. The van der Waals surface area contributed by atoms with E-state index in [2.05, 4.69) is 38.9 Å². The molecule has 3 rings (SSSR count). The quantitative estimate of drug-likeness (QED) is 0.872. The van der Waals surface area contributed by atoms with Gasteiger partial charge < -0.3 is 5.11 Å². The largest absolute Gasteiger partial charge is 0.390 e. The average molecular weight is 312 g/mol. The molecule has 0 bridgehead atoms. The van der Waals surface area contributed by atoms with Crippen LogP contribution in [0.3, 0.4) is 0 Å². The van der Waals surface area contributed by atoms with E-state index in [1.54, 1.807) is 6.33 Å². The number of aromatic nitrogens is 2. The summed E-state index contributed by atoms with van der Waals surface area (Å²) >= 11 is 0. The lowest BCUT2D eigenvalue weighted by molar-refractivity contribution is 0.0743. The van der Waals surface area contributed by atoms with Crippen LogP contribution in [0.5, 0.6) is 0 Å². The number of benzene rings is 1. The Balaban J connectivity index is 1.47. The molecule has 2 aromatic rings. The van der Waals surface area contributed by atoms with Gasteiger partial charge in [-0.15, -0.1) is 0 Å². The fraction of sp³-hybridized carbons (Fsp3) is 0.444. The molecule has 0 amide bonds. The van der Waals surface area contributed by atoms with Crippen molar-refractivity contribution in [2.75, 3.05) is 26.7 Å². The number of rotatable bonds is 6. The van der Waals surface area contributed by atoms with E-state index in [0.29, 0.717) is 13.1 Å². The number of aliphatic hydroxyl groups is 1. The molecule has 1 aliphatic rings. The maximum Gasteiger partial charge on any atom is 0.115 e. The van der Waals surface area contributed by atoms with Crippen molar-refractivity contribution in [2.45, 2.75) is 25.6 Å². The fourth-order valence-electron chi connectivity index (χ4n) is 3.14. The van der Waals surface area contributed by atoms with E-state index in [-0.39, 0.29) is 6.10 Å². The molecule has 1 N–H and O–H groups in total. The van der Waals surface area contributed by atoms with E-state index in [0.717, 1.165) is 31.7 Å². The first kappa shape index (κ1) is 16.1. The molecule has 0 saturated heterocycles. The van der Waals surface area contributed by atoms with Crippen molar-refractivity contribution < 1.29 is 5.11 Å². The molecule has 23 heavy (non-hydrogen) atoms. The van der Waals surface area contributed by atoms with Crippen LogP contribution >= 0.6 is 0 Å². The molecule has 122 valence electrons. The van der Waals surface area contributed by atoms with Crippen molar-refractivity contribution in [1.82, 2.24) is 19.8 Å². The Hall–Kier alpha value is -1.82. The van der Waals surface area contributed by atoms with E-state index >= 15 is 0 Å². The first-order valence-electron chi connectivity index (χ1n) is 8.11. The lowest BCUT2D eigenvalue weighted by Crippen LogP contribution is -2.41. The van der Waals surface area contributed by atoms with E-state index < -0.39 is 0 Å². The molecular formula is C18H24N4O. The number of aliphatic hydroxyl groups excluding tert-OH is 1. The summed E-state index contributed by atoms with van der Waals surface area (Å²) in [6, 6.07) is 10.4. The first-order valence-corrected chi connectivity index (χ1v) is 8.11. The lowest BCUT2D eigenvalue weighted by Gasteiger charge is -2.30. The lowest BCUT2D eigenvalue weighted by atomic mass is 10.1. The smallest absolute Gasteiger partial charge is 0.115 e. The summed E-state index contributed by atoms with van der Waals surface area (Å²) in [6.45, 7) is 3.97. The van der Waals surface area contributed by atoms with Crippen LogP contribution in [0.15, 0.2) is 42.9 Å². The number of hydrogen-bond acceptors (Lipinski definition) is 5. The highest BCUT2D eigenvalue weighted by Crippen LogP contribution is 2.15. The second kappa shape index (κ2) is 7.64. The van der Waals surface area contributed by atoms with Crippen LogP contribution in [0.25, 0.3) is 0 Å². The van der Waals surface area contributed by atoms with E-state index in [1.165, 1.54) is 11.1 Å². The number of fused-ring (bicyclic) bond motifs is 1. The summed E-state index contributed by atoms with van der Waals surface area (Å²) in [5.41, 5.74) is 3.60. The molecule has 0 saturated carbocycles. The summed E-state index contributed by atoms with van der Waals surface area (Å²) in [7, 11) is 2.05. The third kappa shape index (κ3) is 4.58. The minimum Gasteiger partial charge on any atom is -0.390 e.